The Labute approximate surface area is 117 Å². The van der Waals surface area contributed by atoms with E-state index in [0.29, 0.717) is 15.0 Å². The molecule has 1 heterocycles. The molecule has 1 N–H and O–H groups in total. The number of thiophene rings is 1. The predicted molar refractivity (Wildman–Crippen MR) is 75.8 cm³/mol. The van der Waals surface area contributed by atoms with Gasteiger partial charge in [-0.25, -0.2) is 4.39 Å². The zero-order valence-corrected chi connectivity index (χ0v) is 12.1. The van der Waals surface area contributed by atoms with E-state index in [0.717, 1.165) is 12.0 Å². The molecule has 1 amide bonds. The molecule has 0 aliphatic carbocycles. The lowest BCUT2D eigenvalue weighted by Crippen LogP contribution is -2.12. The van der Waals surface area contributed by atoms with E-state index in [1.54, 1.807) is 12.1 Å². The number of aryl methyl sites for hydroxylation is 1. The maximum Gasteiger partial charge on any atom is 0.266 e. The monoisotopic (exact) mass is 327 g/mol. The van der Waals surface area contributed by atoms with Crippen LogP contribution in [0.2, 0.25) is 0 Å². The molecular weight excluding hydrogens is 317 g/mol. The van der Waals surface area contributed by atoms with Crippen molar-refractivity contribution >= 4 is 38.9 Å². The molecule has 0 unspecified atom stereocenters. The summed E-state index contributed by atoms with van der Waals surface area (Å²) in [4.78, 5) is 12.7. The highest BCUT2D eigenvalue weighted by molar-refractivity contribution is 9.10. The lowest BCUT2D eigenvalue weighted by molar-refractivity contribution is 0.103. The molecule has 0 aliphatic rings. The molecule has 0 saturated heterocycles. The zero-order valence-electron chi connectivity index (χ0n) is 9.67. The first-order valence-corrected chi connectivity index (χ1v) is 7.12. The number of benzene rings is 1. The second-order valence-electron chi connectivity index (χ2n) is 3.71. The number of anilines is 1. The minimum absolute atomic E-state index is 0.191. The molecule has 2 nitrogen and oxygen atoms in total. The fraction of sp³-hybridized carbons (Fsp3) is 0.154. The molecule has 0 fully saturated rings. The SMILES string of the molecule is CCc1ccsc1C(=O)Nc1ccc(Br)c(F)c1. The van der Waals surface area contributed by atoms with Crippen LogP contribution in [0.4, 0.5) is 10.1 Å². The van der Waals surface area contributed by atoms with Gasteiger partial charge in [0.2, 0.25) is 0 Å². The first-order valence-electron chi connectivity index (χ1n) is 5.44. The minimum atomic E-state index is -0.394. The zero-order chi connectivity index (χ0) is 13.1. The molecule has 1 aromatic heterocycles. The van der Waals surface area contributed by atoms with Crippen LogP contribution >= 0.6 is 27.3 Å². The van der Waals surface area contributed by atoms with Gasteiger partial charge in [-0.2, -0.15) is 0 Å². The van der Waals surface area contributed by atoms with Gasteiger partial charge in [0.25, 0.3) is 5.91 Å². The first kappa shape index (κ1) is 13.2. The molecule has 5 heteroatoms. The van der Waals surface area contributed by atoms with Crippen LogP contribution in [0.15, 0.2) is 34.1 Å². The van der Waals surface area contributed by atoms with Crippen molar-refractivity contribution in [1.29, 1.82) is 0 Å². The number of amides is 1. The summed E-state index contributed by atoms with van der Waals surface area (Å²) in [6.45, 7) is 2.00. The molecule has 0 radical (unpaired) electrons. The van der Waals surface area contributed by atoms with Crippen molar-refractivity contribution in [3.8, 4) is 0 Å². The first-order chi connectivity index (χ1) is 8.61. The van der Waals surface area contributed by atoms with Gasteiger partial charge in [-0.3, -0.25) is 4.79 Å². The van der Waals surface area contributed by atoms with Crippen LogP contribution in [0.25, 0.3) is 0 Å². The van der Waals surface area contributed by atoms with E-state index in [-0.39, 0.29) is 5.91 Å². The summed E-state index contributed by atoms with van der Waals surface area (Å²) in [6.07, 6.45) is 0.807. The number of halogens is 2. The van der Waals surface area contributed by atoms with E-state index in [2.05, 4.69) is 21.2 Å². The molecule has 0 atom stereocenters. The highest BCUT2D eigenvalue weighted by atomic mass is 79.9. The van der Waals surface area contributed by atoms with Crippen molar-refractivity contribution in [2.75, 3.05) is 5.32 Å². The second kappa shape index (κ2) is 5.63. The van der Waals surface area contributed by atoms with Crippen LogP contribution in [-0.4, -0.2) is 5.91 Å². The molecular formula is C13H11BrFNOS. The van der Waals surface area contributed by atoms with E-state index in [1.807, 2.05) is 18.4 Å². The van der Waals surface area contributed by atoms with Crippen molar-refractivity contribution in [3.63, 3.8) is 0 Å². The summed E-state index contributed by atoms with van der Waals surface area (Å²) >= 11 is 4.47. The van der Waals surface area contributed by atoms with Gasteiger partial charge in [0.1, 0.15) is 5.82 Å². The molecule has 0 bridgehead atoms. The smallest absolute Gasteiger partial charge is 0.266 e. The quantitative estimate of drug-likeness (QED) is 0.885. The van der Waals surface area contributed by atoms with Gasteiger partial charge in [0.05, 0.1) is 9.35 Å². The molecule has 2 rings (SSSR count). The van der Waals surface area contributed by atoms with Crippen LogP contribution in [0, 0.1) is 5.82 Å². The fourth-order valence-electron chi connectivity index (χ4n) is 1.58. The lowest BCUT2D eigenvalue weighted by atomic mass is 10.2. The van der Waals surface area contributed by atoms with Crippen LogP contribution in [0.3, 0.4) is 0 Å². The highest BCUT2D eigenvalue weighted by Crippen LogP contribution is 2.22. The Balaban J connectivity index is 2.19. The van der Waals surface area contributed by atoms with Crippen molar-refractivity contribution < 1.29 is 9.18 Å². The third kappa shape index (κ3) is 2.79. The van der Waals surface area contributed by atoms with Crippen molar-refractivity contribution in [1.82, 2.24) is 0 Å². The number of hydrogen-bond acceptors (Lipinski definition) is 2. The molecule has 0 saturated carbocycles. The third-order valence-electron chi connectivity index (χ3n) is 2.51. The topological polar surface area (TPSA) is 29.1 Å². The van der Waals surface area contributed by atoms with Gasteiger partial charge in [-0.15, -0.1) is 11.3 Å². The van der Waals surface area contributed by atoms with E-state index in [1.165, 1.54) is 17.4 Å². The average Bonchev–Trinajstić information content (AvgIpc) is 2.82. The van der Waals surface area contributed by atoms with Gasteiger partial charge < -0.3 is 5.32 Å². The van der Waals surface area contributed by atoms with E-state index < -0.39 is 5.82 Å². The number of hydrogen-bond donors (Lipinski definition) is 1. The summed E-state index contributed by atoms with van der Waals surface area (Å²) in [5.41, 5.74) is 1.46. The Morgan fingerprint density at radius 1 is 1.44 bits per heavy atom. The number of carbonyl (C=O) groups is 1. The Bertz CT molecular complexity index is 582. The van der Waals surface area contributed by atoms with E-state index in [4.69, 9.17) is 0 Å². The summed E-state index contributed by atoms with van der Waals surface area (Å²) in [6, 6.07) is 6.45. The maximum absolute atomic E-state index is 13.3. The fourth-order valence-corrected chi connectivity index (χ4v) is 2.71. The van der Waals surface area contributed by atoms with Gasteiger partial charge in [0, 0.05) is 5.69 Å². The summed E-state index contributed by atoms with van der Waals surface area (Å²) in [5, 5.41) is 4.58. The van der Waals surface area contributed by atoms with Crippen LogP contribution in [0.1, 0.15) is 22.2 Å². The highest BCUT2D eigenvalue weighted by Gasteiger charge is 2.12. The normalized spacial score (nSPS) is 10.4. The third-order valence-corrected chi connectivity index (χ3v) is 4.11. The molecule has 2 aromatic rings. The molecule has 1 aromatic carbocycles. The van der Waals surface area contributed by atoms with Gasteiger partial charge in [-0.05, 0) is 57.6 Å². The number of rotatable bonds is 3. The van der Waals surface area contributed by atoms with Crippen LogP contribution in [0.5, 0.6) is 0 Å². The Hall–Kier alpha value is -1.20. The molecule has 0 aliphatic heterocycles. The van der Waals surface area contributed by atoms with Crippen molar-refractivity contribution in [2.24, 2.45) is 0 Å². The van der Waals surface area contributed by atoms with E-state index >= 15 is 0 Å². The van der Waals surface area contributed by atoms with Gasteiger partial charge in [0.15, 0.2) is 0 Å². The average molecular weight is 328 g/mol. The lowest BCUT2D eigenvalue weighted by Gasteiger charge is -2.06. The number of nitrogens with one attached hydrogen (secondary N) is 1. The van der Waals surface area contributed by atoms with Crippen molar-refractivity contribution in [2.45, 2.75) is 13.3 Å². The predicted octanol–water partition coefficient (Wildman–Crippen LogP) is 4.46. The van der Waals surface area contributed by atoms with E-state index in [9.17, 15) is 9.18 Å². The van der Waals surface area contributed by atoms with Crippen LogP contribution in [-0.2, 0) is 6.42 Å². The largest absolute Gasteiger partial charge is 0.321 e. The Morgan fingerprint density at radius 2 is 2.22 bits per heavy atom. The summed E-state index contributed by atoms with van der Waals surface area (Å²) in [7, 11) is 0. The van der Waals surface area contributed by atoms with Gasteiger partial charge in [-0.1, -0.05) is 6.92 Å². The summed E-state index contributed by atoms with van der Waals surface area (Å²) < 4.78 is 13.7. The molecule has 18 heavy (non-hydrogen) atoms. The second-order valence-corrected chi connectivity index (χ2v) is 5.48. The van der Waals surface area contributed by atoms with Gasteiger partial charge >= 0.3 is 0 Å². The standard InChI is InChI=1S/C13H11BrFNOS/c1-2-8-5-6-18-12(8)13(17)16-9-3-4-10(14)11(15)7-9/h3-7H,2H2,1H3,(H,16,17). The van der Waals surface area contributed by atoms with Crippen molar-refractivity contribution in [3.05, 3.63) is 50.4 Å². The van der Waals surface area contributed by atoms with Crippen LogP contribution < -0.4 is 5.32 Å². The number of carbonyl (C=O) groups excluding carboxylic acids is 1. The minimum Gasteiger partial charge on any atom is -0.321 e. The molecule has 0 spiro atoms. The molecule has 94 valence electrons. The Kier molecular flexibility index (Phi) is 4.14. The Morgan fingerprint density at radius 3 is 2.89 bits per heavy atom. The summed E-state index contributed by atoms with van der Waals surface area (Å²) in [5.74, 6) is -0.585. The maximum atomic E-state index is 13.3.